The molecule has 1 aromatic rings. The Hall–Kier alpha value is -1.12. The summed E-state index contributed by atoms with van der Waals surface area (Å²) in [7, 11) is 8.85. The molecule has 0 atom stereocenters. The molecule has 0 heterocycles. The van der Waals surface area contributed by atoms with Crippen molar-refractivity contribution in [3.63, 3.8) is 0 Å². The number of benzene rings is 1. The Bertz CT molecular complexity index is 255. The third kappa shape index (κ3) is 1.40. The van der Waals surface area contributed by atoms with Crippen LogP contribution in [0, 0.1) is 6.92 Å². The molecule has 62 valence electrons. The quantitative estimate of drug-likeness (QED) is 0.599. The molecule has 0 aliphatic carbocycles. The van der Waals surface area contributed by atoms with E-state index in [1.54, 1.807) is 20.3 Å². The van der Waals surface area contributed by atoms with Gasteiger partial charge in [-0.3, -0.25) is 0 Å². The lowest BCUT2D eigenvalue weighted by molar-refractivity contribution is 0.355. The van der Waals surface area contributed by atoms with Crippen LogP contribution in [0.15, 0.2) is 12.1 Å². The maximum absolute atomic E-state index is 5.67. The molecule has 1 aromatic carbocycles. The zero-order valence-electron chi connectivity index (χ0n) is 7.55. The molecule has 0 unspecified atom stereocenters. The van der Waals surface area contributed by atoms with Gasteiger partial charge >= 0.3 is 0 Å². The molecule has 0 aromatic heterocycles. The van der Waals surface area contributed by atoms with Crippen LogP contribution in [0.5, 0.6) is 11.5 Å². The lowest BCUT2D eigenvalue weighted by Gasteiger charge is -2.12. The van der Waals surface area contributed by atoms with Crippen LogP contribution in [0.2, 0.25) is 0 Å². The number of methoxy groups -OCH3 is 2. The number of rotatable bonds is 2. The molecule has 0 spiro atoms. The smallest absolute Gasteiger partial charge is 0.162 e. The van der Waals surface area contributed by atoms with Crippen LogP contribution in [-0.2, 0) is 0 Å². The second-order valence-corrected chi connectivity index (χ2v) is 2.54. The van der Waals surface area contributed by atoms with E-state index in [9.17, 15) is 0 Å². The first kappa shape index (κ1) is 8.98. The average molecular weight is 162 g/mol. The summed E-state index contributed by atoms with van der Waals surface area (Å²) in [5.74, 6) is 1.31. The minimum Gasteiger partial charge on any atom is -0.493 e. The SMILES string of the molecule is [B]c1ccc(C)c(OC)c1OC. The highest BCUT2D eigenvalue weighted by Crippen LogP contribution is 2.27. The third-order valence-electron chi connectivity index (χ3n) is 1.75. The number of aryl methyl sites for hydroxylation is 1. The van der Waals surface area contributed by atoms with Gasteiger partial charge in [-0.15, -0.1) is 0 Å². The standard InChI is InChI=1S/C9H11BO2/c1-6-4-5-7(10)9(12-3)8(6)11-2/h4-5H,1-3H3. The number of ether oxygens (including phenoxy) is 2. The van der Waals surface area contributed by atoms with Crippen molar-refractivity contribution in [2.24, 2.45) is 0 Å². The van der Waals surface area contributed by atoms with Gasteiger partial charge in [0.1, 0.15) is 7.85 Å². The van der Waals surface area contributed by atoms with E-state index in [1.165, 1.54) is 0 Å². The summed E-state index contributed by atoms with van der Waals surface area (Å²) >= 11 is 0. The van der Waals surface area contributed by atoms with Gasteiger partial charge in [-0.1, -0.05) is 17.6 Å². The molecule has 2 radical (unpaired) electrons. The Morgan fingerprint density at radius 2 is 1.67 bits per heavy atom. The van der Waals surface area contributed by atoms with Crippen LogP contribution < -0.4 is 14.9 Å². The fourth-order valence-electron chi connectivity index (χ4n) is 1.14. The fourth-order valence-corrected chi connectivity index (χ4v) is 1.14. The molecule has 3 heteroatoms. The van der Waals surface area contributed by atoms with Gasteiger partial charge in [0.15, 0.2) is 11.5 Å². The lowest BCUT2D eigenvalue weighted by Crippen LogP contribution is -2.09. The molecule has 0 N–H and O–H groups in total. The first-order valence-corrected chi connectivity index (χ1v) is 3.67. The van der Waals surface area contributed by atoms with E-state index in [0.29, 0.717) is 17.0 Å². The van der Waals surface area contributed by atoms with Gasteiger partial charge in [0.25, 0.3) is 0 Å². The van der Waals surface area contributed by atoms with E-state index in [2.05, 4.69) is 0 Å². The van der Waals surface area contributed by atoms with Gasteiger partial charge in [0.05, 0.1) is 14.2 Å². The van der Waals surface area contributed by atoms with Crippen LogP contribution >= 0.6 is 0 Å². The first-order valence-electron chi connectivity index (χ1n) is 3.67. The van der Waals surface area contributed by atoms with Crippen molar-refractivity contribution in [3.8, 4) is 11.5 Å². The Kier molecular flexibility index (Phi) is 2.63. The van der Waals surface area contributed by atoms with E-state index in [4.69, 9.17) is 17.3 Å². The van der Waals surface area contributed by atoms with Gasteiger partial charge in [-0.2, -0.15) is 0 Å². The predicted molar refractivity (Wildman–Crippen MR) is 49.7 cm³/mol. The summed E-state index contributed by atoms with van der Waals surface area (Å²) in [4.78, 5) is 0. The molecule has 0 aliphatic heterocycles. The van der Waals surface area contributed by atoms with Gasteiger partial charge in [0, 0.05) is 0 Å². The minimum atomic E-state index is 0.597. The fraction of sp³-hybridized carbons (Fsp3) is 0.333. The van der Waals surface area contributed by atoms with Crippen molar-refractivity contribution in [1.29, 1.82) is 0 Å². The Morgan fingerprint density at radius 1 is 1.08 bits per heavy atom. The van der Waals surface area contributed by atoms with Crippen LogP contribution in [0.1, 0.15) is 5.56 Å². The molecular weight excluding hydrogens is 151 g/mol. The molecule has 1 rings (SSSR count). The molecular formula is C9H11BO2. The van der Waals surface area contributed by atoms with Crippen LogP contribution in [-0.4, -0.2) is 22.1 Å². The number of hydrogen-bond acceptors (Lipinski definition) is 2. The molecule has 0 aliphatic rings. The molecule has 0 saturated carbocycles. The molecule has 0 amide bonds. The van der Waals surface area contributed by atoms with Crippen molar-refractivity contribution in [1.82, 2.24) is 0 Å². The van der Waals surface area contributed by atoms with E-state index in [0.717, 1.165) is 5.56 Å². The number of hydrogen-bond donors (Lipinski definition) is 0. The average Bonchev–Trinajstić information content (AvgIpc) is 2.08. The monoisotopic (exact) mass is 162 g/mol. The van der Waals surface area contributed by atoms with Crippen molar-refractivity contribution in [2.45, 2.75) is 6.92 Å². The van der Waals surface area contributed by atoms with Crippen LogP contribution in [0.3, 0.4) is 0 Å². The highest BCUT2D eigenvalue weighted by molar-refractivity contribution is 6.34. The highest BCUT2D eigenvalue weighted by Gasteiger charge is 2.08. The Balaban J connectivity index is 3.28. The minimum absolute atomic E-state index is 0.597. The normalized spacial score (nSPS) is 9.58. The van der Waals surface area contributed by atoms with E-state index >= 15 is 0 Å². The largest absolute Gasteiger partial charge is 0.493 e. The van der Waals surface area contributed by atoms with E-state index in [-0.39, 0.29) is 0 Å². The third-order valence-corrected chi connectivity index (χ3v) is 1.75. The van der Waals surface area contributed by atoms with Crippen molar-refractivity contribution in [3.05, 3.63) is 17.7 Å². The Morgan fingerprint density at radius 3 is 2.08 bits per heavy atom. The molecule has 12 heavy (non-hydrogen) atoms. The van der Waals surface area contributed by atoms with Crippen molar-refractivity contribution in [2.75, 3.05) is 14.2 Å². The topological polar surface area (TPSA) is 18.5 Å². The lowest BCUT2D eigenvalue weighted by atomic mass is 9.93. The molecule has 2 nitrogen and oxygen atoms in total. The summed E-state index contributed by atoms with van der Waals surface area (Å²) in [5, 5.41) is 0. The summed E-state index contributed by atoms with van der Waals surface area (Å²) < 4.78 is 10.2. The second-order valence-electron chi connectivity index (χ2n) is 2.54. The van der Waals surface area contributed by atoms with Crippen LogP contribution in [0.25, 0.3) is 0 Å². The molecule has 0 fully saturated rings. The Labute approximate surface area is 73.9 Å². The summed E-state index contributed by atoms with van der Waals surface area (Å²) in [6, 6.07) is 3.70. The zero-order chi connectivity index (χ0) is 9.14. The summed E-state index contributed by atoms with van der Waals surface area (Å²) in [6.07, 6.45) is 0. The van der Waals surface area contributed by atoms with Crippen LogP contribution in [0.4, 0.5) is 0 Å². The summed E-state index contributed by atoms with van der Waals surface area (Å²) in [5.41, 5.74) is 1.61. The predicted octanol–water partition coefficient (Wildman–Crippen LogP) is 0.806. The maximum atomic E-state index is 5.67. The summed E-state index contributed by atoms with van der Waals surface area (Å²) in [6.45, 7) is 1.95. The van der Waals surface area contributed by atoms with Crippen molar-refractivity contribution < 1.29 is 9.47 Å². The highest BCUT2D eigenvalue weighted by atomic mass is 16.5. The second kappa shape index (κ2) is 3.52. The van der Waals surface area contributed by atoms with E-state index < -0.39 is 0 Å². The van der Waals surface area contributed by atoms with Gasteiger partial charge in [-0.25, -0.2) is 0 Å². The maximum Gasteiger partial charge on any atom is 0.162 e. The first-order chi connectivity index (χ1) is 5.70. The van der Waals surface area contributed by atoms with Gasteiger partial charge < -0.3 is 9.47 Å². The van der Waals surface area contributed by atoms with E-state index in [1.807, 2.05) is 13.0 Å². The van der Waals surface area contributed by atoms with Gasteiger partial charge in [0.2, 0.25) is 0 Å². The van der Waals surface area contributed by atoms with Crippen molar-refractivity contribution >= 4 is 13.3 Å². The molecule has 0 bridgehead atoms. The zero-order valence-corrected chi connectivity index (χ0v) is 7.55. The molecule has 0 saturated heterocycles. The van der Waals surface area contributed by atoms with Gasteiger partial charge in [-0.05, 0) is 12.5 Å².